The Balaban J connectivity index is 1.67. The fourth-order valence-electron chi connectivity index (χ4n) is 3.11. The molecule has 3 rings (SSSR count). The van der Waals surface area contributed by atoms with Gasteiger partial charge in [0.2, 0.25) is 0 Å². The van der Waals surface area contributed by atoms with Gasteiger partial charge in [-0.25, -0.2) is 4.79 Å². The molecule has 0 amide bonds. The second kappa shape index (κ2) is 7.18. The summed E-state index contributed by atoms with van der Waals surface area (Å²) in [5.74, 6) is 0.887. The van der Waals surface area contributed by atoms with E-state index in [9.17, 15) is 9.59 Å². The molecule has 1 saturated heterocycles. The fraction of sp³-hybridized carbons (Fsp3) is 0.529. The van der Waals surface area contributed by atoms with Gasteiger partial charge in [-0.2, -0.15) is 5.10 Å². The molecule has 0 bridgehead atoms. The standard InChI is InChI=1S/C17H24N6O2/c1-12-6-7-15(20-19-12)23-8-4-5-13(11-23)18-10-14-9-16(24)22(3)17(25)21(14)2/h6-7,9,13,18H,4-5,8,10-11H2,1-3H3/t13-/m0/s1. The molecule has 1 aliphatic rings. The van der Waals surface area contributed by atoms with Crippen molar-refractivity contribution < 1.29 is 0 Å². The lowest BCUT2D eigenvalue weighted by Gasteiger charge is -2.34. The summed E-state index contributed by atoms with van der Waals surface area (Å²) in [5.41, 5.74) is 1.02. The van der Waals surface area contributed by atoms with Gasteiger partial charge in [0, 0.05) is 51.5 Å². The molecular weight excluding hydrogens is 320 g/mol. The summed E-state index contributed by atoms with van der Waals surface area (Å²) < 4.78 is 2.63. The van der Waals surface area contributed by atoms with E-state index in [0.29, 0.717) is 12.2 Å². The van der Waals surface area contributed by atoms with Gasteiger partial charge in [-0.05, 0) is 31.9 Å². The second-order valence-corrected chi connectivity index (χ2v) is 6.57. The molecule has 3 heterocycles. The van der Waals surface area contributed by atoms with Gasteiger partial charge in [-0.1, -0.05) is 0 Å². The van der Waals surface area contributed by atoms with Crippen molar-refractivity contribution in [2.24, 2.45) is 14.1 Å². The first kappa shape index (κ1) is 17.3. The smallest absolute Gasteiger partial charge is 0.330 e. The summed E-state index contributed by atoms with van der Waals surface area (Å²) in [6, 6.07) is 5.75. The van der Waals surface area contributed by atoms with Crippen molar-refractivity contribution in [2.75, 3.05) is 18.0 Å². The summed E-state index contributed by atoms with van der Waals surface area (Å²) in [6.45, 7) is 4.20. The van der Waals surface area contributed by atoms with Crippen molar-refractivity contribution in [3.8, 4) is 0 Å². The first-order valence-electron chi connectivity index (χ1n) is 8.50. The molecule has 8 heteroatoms. The predicted molar refractivity (Wildman–Crippen MR) is 95.8 cm³/mol. The third kappa shape index (κ3) is 3.79. The monoisotopic (exact) mass is 344 g/mol. The van der Waals surface area contributed by atoms with Crippen LogP contribution in [0.15, 0.2) is 27.8 Å². The summed E-state index contributed by atoms with van der Waals surface area (Å²) in [7, 11) is 3.18. The first-order chi connectivity index (χ1) is 12.0. The van der Waals surface area contributed by atoms with Gasteiger partial charge in [0.05, 0.1) is 5.69 Å². The highest BCUT2D eigenvalue weighted by Gasteiger charge is 2.21. The second-order valence-electron chi connectivity index (χ2n) is 6.57. The largest absolute Gasteiger partial charge is 0.354 e. The normalized spacial score (nSPS) is 17.7. The van der Waals surface area contributed by atoms with E-state index in [1.54, 1.807) is 7.05 Å². The molecule has 1 atom stereocenters. The zero-order valence-electron chi connectivity index (χ0n) is 14.9. The van der Waals surface area contributed by atoms with Gasteiger partial charge in [-0.15, -0.1) is 5.10 Å². The minimum atomic E-state index is -0.301. The highest BCUT2D eigenvalue weighted by molar-refractivity contribution is 5.38. The Kier molecular flexibility index (Phi) is 4.98. The number of piperidine rings is 1. The Morgan fingerprint density at radius 3 is 2.72 bits per heavy atom. The van der Waals surface area contributed by atoms with Crippen LogP contribution in [0.2, 0.25) is 0 Å². The van der Waals surface area contributed by atoms with Gasteiger partial charge in [0.15, 0.2) is 5.82 Å². The van der Waals surface area contributed by atoms with Gasteiger partial charge in [0.1, 0.15) is 0 Å². The maximum Gasteiger partial charge on any atom is 0.330 e. The SMILES string of the molecule is Cc1ccc(N2CCC[C@H](NCc3cc(=O)n(C)c(=O)n3C)C2)nn1. The summed E-state index contributed by atoms with van der Waals surface area (Å²) in [5, 5.41) is 11.9. The quantitative estimate of drug-likeness (QED) is 0.836. The van der Waals surface area contributed by atoms with Crippen LogP contribution in [-0.4, -0.2) is 38.5 Å². The number of hydrogen-bond donors (Lipinski definition) is 1. The lowest BCUT2D eigenvalue weighted by atomic mass is 10.1. The molecular formula is C17H24N6O2. The van der Waals surface area contributed by atoms with E-state index in [1.807, 2.05) is 19.1 Å². The van der Waals surface area contributed by atoms with E-state index in [0.717, 1.165) is 42.0 Å². The van der Waals surface area contributed by atoms with Gasteiger partial charge in [-0.3, -0.25) is 13.9 Å². The molecule has 1 N–H and O–H groups in total. The molecule has 2 aromatic rings. The lowest BCUT2D eigenvalue weighted by molar-refractivity contribution is 0.413. The number of aryl methyl sites for hydroxylation is 1. The van der Waals surface area contributed by atoms with E-state index < -0.39 is 0 Å². The van der Waals surface area contributed by atoms with Crippen molar-refractivity contribution in [2.45, 2.75) is 32.4 Å². The van der Waals surface area contributed by atoms with Crippen molar-refractivity contribution >= 4 is 5.82 Å². The van der Waals surface area contributed by atoms with Gasteiger partial charge < -0.3 is 10.2 Å². The highest BCUT2D eigenvalue weighted by atomic mass is 16.2. The Hall–Kier alpha value is -2.48. The molecule has 0 spiro atoms. The zero-order chi connectivity index (χ0) is 18.0. The molecule has 0 aliphatic carbocycles. The van der Waals surface area contributed by atoms with E-state index >= 15 is 0 Å². The Labute approximate surface area is 146 Å². The number of nitrogens with one attached hydrogen (secondary N) is 1. The molecule has 0 aromatic carbocycles. The molecule has 8 nitrogen and oxygen atoms in total. The third-order valence-corrected chi connectivity index (χ3v) is 4.73. The van der Waals surface area contributed by atoms with Crippen LogP contribution in [-0.2, 0) is 20.6 Å². The number of hydrogen-bond acceptors (Lipinski definition) is 6. The van der Waals surface area contributed by atoms with E-state index in [-0.39, 0.29) is 17.3 Å². The van der Waals surface area contributed by atoms with Crippen LogP contribution in [0.5, 0.6) is 0 Å². The van der Waals surface area contributed by atoms with Gasteiger partial charge >= 0.3 is 5.69 Å². The van der Waals surface area contributed by atoms with Crippen LogP contribution in [0, 0.1) is 6.92 Å². The van der Waals surface area contributed by atoms with Crippen LogP contribution in [0.25, 0.3) is 0 Å². The topological polar surface area (TPSA) is 85.0 Å². The zero-order valence-corrected chi connectivity index (χ0v) is 14.9. The average Bonchev–Trinajstić information content (AvgIpc) is 2.63. The Morgan fingerprint density at radius 2 is 2.00 bits per heavy atom. The average molecular weight is 344 g/mol. The maximum absolute atomic E-state index is 12.0. The summed E-state index contributed by atoms with van der Waals surface area (Å²) >= 11 is 0. The molecule has 134 valence electrons. The summed E-state index contributed by atoms with van der Waals surface area (Å²) in [6.07, 6.45) is 2.11. The van der Waals surface area contributed by atoms with Crippen LogP contribution >= 0.6 is 0 Å². The Morgan fingerprint density at radius 1 is 1.20 bits per heavy atom. The molecule has 2 aromatic heterocycles. The van der Waals surface area contributed by atoms with Gasteiger partial charge in [0.25, 0.3) is 5.56 Å². The van der Waals surface area contributed by atoms with E-state index in [1.165, 1.54) is 17.7 Å². The van der Waals surface area contributed by atoms with Crippen molar-refractivity contribution in [3.05, 3.63) is 50.4 Å². The minimum absolute atomic E-state index is 0.274. The van der Waals surface area contributed by atoms with Crippen LogP contribution in [0.1, 0.15) is 24.2 Å². The molecule has 1 aliphatic heterocycles. The maximum atomic E-state index is 12.0. The number of anilines is 1. The summed E-state index contributed by atoms with van der Waals surface area (Å²) in [4.78, 5) is 26.0. The van der Waals surface area contributed by atoms with Crippen molar-refractivity contribution in [1.29, 1.82) is 0 Å². The first-order valence-corrected chi connectivity index (χ1v) is 8.50. The molecule has 0 saturated carbocycles. The molecule has 1 fully saturated rings. The highest BCUT2D eigenvalue weighted by Crippen LogP contribution is 2.17. The number of nitrogens with zero attached hydrogens (tertiary/aromatic N) is 5. The lowest BCUT2D eigenvalue weighted by Crippen LogP contribution is -2.47. The van der Waals surface area contributed by atoms with Crippen LogP contribution < -0.4 is 21.5 Å². The van der Waals surface area contributed by atoms with Crippen molar-refractivity contribution in [3.63, 3.8) is 0 Å². The van der Waals surface area contributed by atoms with E-state index in [2.05, 4.69) is 20.4 Å². The molecule has 25 heavy (non-hydrogen) atoms. The minimum Gasteiger partial charge on any atom is -0.354 e. The Bertz CT molecular complexity index is 855. The van der Waals surface area contributed by atoms with Crippen LogP contribution in [0.4, 0.5) is 5.82 Å². The third-order valence-electron chi connectivity index (χ3n) is 4.73. The number of aromatic nitrogens is 4. The fourth-order valence-corrected chi connectivity index (χ4v) is 3.11. The molecule has 0 unspecified atom stereocenters. The predicted octanol–water partition coefficient (Wildman–Crippen LogP) is -0.0590. The van der Waals surface area contributed by atoms with Crippen LogP contribution in [0.3, 0.4) is 0 Å². The van der Waals surface area contributed by atoms with E-state index in [4.69, 9.17) is 0 Å². The molecule has 0 radical (unpaired) electrons. The van der Waals surface area contributed by atoms with Crippen molar-refractivity contribution in [1.82, 2.24) is 24.6 Å². The number of rotatable bonds is 4.